The summed E-state index contributed by atoms with van der Waals surface area (Å²) in [5, 5.41) is 11.7. The third kappa shape index (κ3) is 5.74. The van der Waals surface area contributed by atoms with E-state index in [9.17, 15) is 27.9 Å². The summed E-state index contributed by atoms with van der Waals surface area (Å²) in [7, 11) is 1.33. The molecule has 0 aliphatic carbocycles. The Kier molecular flexibility index (Phi) is 6.98. The predicted octanol–water partition coefficient (Wildman–Crippen LogP) is 2.88. The fraction of sp³-hybridized carbons (Fsp3) is 0.529. The Morgan fingerprint density at radius 1 is 1.24 bits per heavy atom. The van der Waals surface area contributed by atoms with Gasteiger partial charge in [-0.3, -0.25) is 4.79 Å². The number of amides is 1. The molecule has 0 spiro atoms. The molecule has 1 amide bonds. The SMILES string of the molecule is CCC(Cc1ccc(C(F)(F)F)cc1)C(=O)NC(C)(COC)C(=O)O. The Morgan fingerprint density at radius 3 is 2.20 bits per heavy atom. The Hall–Kier alpha value is -2.09. The molecule has 1 aromatic rings. The molecule has 0 fully saturated rings. The van der Waals surface area contributed by atoms with Crippen molar-refractivity contribution in [2.75, 3.05) is 13.7 Å². The monoisotopic (exact) mass is 361 g/mol. The number of hydrogen-bond donors (Lipinski definition) is 2. The average Bonchev–Trinajstić information content (AvgIpc) is 2.52. The molecule has 2 N–H and O–H groups in total. The second kappa shape index (κ2) is 8.33. The molecule has 0 bridgehead atoms. The van der Waals surface area contributed by atoms with Crippen molar-refractivity contribution in [3.05, 3.63) is 35.4 Å². The van der Waals surface area contributed by atoms with Gasteiger partial charge < -0.3 is 15.2 Å². The number of halogens is 3. The highest BCUT2D eigenvalue weighted by Gasteiger charge is 2.36. The Balaban J connectivity index is 2.84. The van der Waals surface area contributed by atoms with Crippen LogP contribution in [-0.4, -0.2) is 36.2 Å². The zero-order valence-corrected chi connectivity index (χ0v) is 14.3. The summed E-state index contributed by atoms with van der Waals surface area (Å²) < 4.78 is 42.6. The van der Waals surface area contributed by atoms with Gasteiger partial charge in [0.15, 0.2) is 5.54 Å². The lowest BCUT2D eigenvalue weighted by molar-refractivity contribution is -0.150. The first-order chi connectivity index (χ1) is 11.5. The third-order valence-electron chi connectivity index (χ3n) is 3.93. The molecule has 8 heteroatoms. The number of alkyl halides is 3. The number of carboxylic acid groups (broad SMARTS) is 1. The fourth-order valence-electron chi connectivity index (χ4n) is 2.35. The summed E-state index contributed by atoms with van der Waals surface area (Å²) in [6.07, 6.45) is -3.79. The van der Waals surface area contributed by atoms with Gasteiger partial charge in [-0.2, -0.15) is 13.2 Å². The van der Waals surface area contributed by atoms with Crippen LogP contribution < -0.4 is 5.32 Å². The lowest BCUT2D eigenvalue weighted by Crippen LogP contribution is -2.56. The summed E-state index contributed by atoms with van der Waals surface area (Å²) in [6, 6.07) is 4.58. The first-order valence-electron chi connectivity index (χ1n) is 7.74. The molecule has 5 nitrogen and oxygen atoms in total. The smallest absolute Gasteiger partial charge is 0.416 e. The van der Waals surface area contributed by atoms with Gasteiger partial charge >= 0.3 is 12.1 Å². The van der Waals surface area contributed by atoms with E-state index in [0.29, 0.717) is 12.0 Å². The molecular weight excluding hydrogens is 339 g/mol. The number of methoxy groups -OCH3 is 1. The number of aliphatic carboxylic acids is 1. The molecule has 1 aromatic carbocycles. The van der Waals surface area contributed by atoms with E-state index in [4.69, 9.17) is 4.74 Å². The zero-order chi connectivity index (χ0) is 19.3. The van der Waals surface area contributed by atoms with E-state index in [1.165, 1.54) is 26.2 Å². The molecule has 25 heavy (non-hydrogen) atoms. The topological polar surface area (TPSA) is 75.6 Å². The maximum absolute atomic E-state index is 12.6. The molecule has 2 unspecified atom stereocenters. The van der Waals surface area contributed by atoms with Gasteiger partial charge in [-0.05, 0) is 37.5 Å². The van der Waals surface area contributed by atoms with Gasteiger partial charge in [0.2, 0.25) is 5.91 Å². The minimum absolute atomic E-state index is 0.204. The van der Waals surface area contributed by atoms with Gasteiger partial charge in [0, 0.05) is 13.0 Å². The molecule has 140 valence electrons. The third-order valence-corrected chi connectivity index (χ3v) is 3.93. The average molecular weight is 361 g/mol. The maximum Gasteiger partial charge on any atom is 0.416 e. The van der Waals surface area contributed by atoms with Crippen molar-refractivity contribution in [2.24, 2.45) is 5.92 Å². The van der Waals surface area contributed by atoms with Crippen molar-refractivity contribution in [3.8, 4) is 0 Å². The number of hydrogen-bond acceptors (Lipinski definition) is 3. The minimum Gasteiger partial charge on any atom is -0.479 e. The Labute approximate surface area is 144 Å². The summed E-state index contributed by atoms with van der Waals surface area (Å²) in [6.45, 7) is 2.88. The minimum atomic E-state index is -4.41. The molecular formula is C17H22F3NO4. The van der Waals surface area contributed by atoms with Gasteiger partial charge in [-0.1, -0.05) is 19.1 Å². The molecule has 0 heterocycles. The Morgan fingerprint density at radius 2 is 1.80 bits per heavy atom. The van der Waals surface area contributed by atoms with Crippen molar-refractivity contribution in [1.82, 2.24) is 5.32 Å². The van der Waals surface area contributed by atoms with Crippen LogP contribution in [0, 0.1) is 5.92 Å². The van der Waals surface area contributed by atoms with E-state index in [-0.39, 0.29) is 13.0 Å². The van der Waals surface area contributed by atoms with Crippen LogP contribution in [0.3, 0.4) is 0 Å². The van der Waals surface area contributed by atoms with Crippen LogP contribution in [0.2, 0.25) is 0 Å². The van der Waals surface area contributed by atoms with Crippen LogP contribution in [0.1, 0.15) is 31.4 Å². The second-order valence-electron chi connectivity index (χ2n) is 6.06. The lowest BCUT2D eigenvalue weighted by atomic mass is 9.93. The van der Waals surface area contributed by atoms with Crippen molar-refractivity contribution >= 4 is 11.9 Å². The highest BCUT2D eigenvalue weighted by Crippen LogP contribution is 2.29. The second-order valence-corrected chi connectivity index (χ2v) is 6.06. The van der Waals surface area contributed by atoms with Crippen molar-refractivity contribution in [2.45, 2.75) is 38.4 Å². The number of carboxylic acids is 1. The number of rotatable bonds is 8. The maximum atomic E-state index is 12.6. The van der Waals surface area contributed by atoms with Crippen molar-refractivity contribution in [3.63, 3.8) is 0 Å². The highest BCUT2D eigenvalue weighted by atomic mass is 19.4. The standard InChI is InChI=1S/C17H22F3NO4/c1-4-12(14(22)21-16(2,10-25-3)15(23)24)9-11-5-7-13(8-6-11)17(18,19)20/h5-8,12H,4,9-10H2,1-3H3,(H,21,22)(H,23,24). The molecule has 2 atom stereocenters. The Bertz CT molecular complexity index is 601. The van der Waals surface area contributed by atoms with Gasteiger partial charge in [-0.25, -0.2) is 4.79 Å². The first-order valence-corrected chi connectivity index (χ1v) is 7.74. The van der Waals surface area contributed by atoms with Crippen LogP contribution in [-0.2, 0) is 26.9 Å². The summed E-state index contributed by atoms with van der Waals surface area (Å²) in [4.78, 5) is 23.7. The molecule has 0 saturated carbocycles. The largest absolute Gasteiger partial charge is 0.479 e. The summed E-state index contributed by atoms with van der Waals surface area (Å²) in [5.41, 5.74) is -1.76. The number of benzene rings is 1. The van der Waals surface area contributed by atoms with Crippen LogP contribution >= 0.6 is 0 Å². The number of ether oxygens (including phenoxy) is 1. The van der Waals surface area contributed by atoms with Crippen LogP contribution in [0.15, 0.2) is 24.3 Å². The van der Waals surface area contributed by atoms with Gasteiger partial charge in [0.05, 0.1) is 12.2 Å². The molecule has 0 aliphatic rings. The van der Waals surface area contributed by atoms with Gasteiger partial charge in [0.1, 0.15) is 0 Å². The molecule has 0 aliphatic heterocycles. The number of carbonyl (C=O) groups excluding carboxylic acids is 1. The molecule has 1 rings (SSSR count). The van der Waals surface area contributed by atoms with E-state index in [1.54, 1.807) is 6.92 Å². The number of nitrogens with one attached hydrogen (secondary N) is 1. The zero-order valence-electron chi connectivity index (χ0n) is 14.3. The van der Waals surface area contributed by atoms with Crippen molar-refractivity contribution in [1.29, 1.82) is 0 Å². The predicted molar refractivity (Wildman–Crippen MR) is 85.0 cm³/mol. The van der Waals surface area contributed by atoms with Crippen LogP contribution in [0.4, 0.5) is 13.2 Å². The summed E-state index contributed by atoms with van der Waals surface area (Å²) in [5.74, 6) is -2.27. The first kappa shape index (κ1) is 21.0. The van der Waals surface area contributed by atoms with Crippen LogP contribution in [0.5, 0.6) is 0 Å². The van der Waals surface area contributed by atoms with Crippen molar-refractivity contribution < 1.29 is 32.6 Å². The fourth-order valence-corrected chi connectivity index (χ4v) is 2.35. The van der Waals surface area contributed by atoms with E-state index in [0.717, 1.165) is 12.1 Å². The van der Waals surface area contributed by atoms with Gasteiger partial charge in [0.25, 0.3) is 0 Å². The van der Waals surface area contributed by atoms with Gasteiger partial charge in [-0.15, -0.1) is 0 Å². The van der Waals surface area contributed by atoms with E-state index in [1.807, 2.05) is 0 Å². The van der Waals surface area contributed by atoms with E-state index < -0.39 is 35.1 Å². The normalized spacial score (nSPS) is 15.3. The molecule has 0 aromatic heterocycles. The summed E-state index contributed by atoms with van der Waals surface area (Å²) >= 11 is 0. The van der Waals surface area contributed by atoms with Crippen LogP contribution in [0.25, 0.3) is 0 Å². The molecule has 0 saturated heterocycles. The lowest BCUT2D eigenvalue weighted by Gasteiger charge is -2.27. The van der Waals surface area contributed by atoms with E-state index >= 15 is 0 Å². The highest BCUT2D eigenvalue weighted by molar-refractivity contribution is 5.88. The molecule has 0 radical (unpaired) electrons. The quantitative estimate of drug-likeness (QED) is 0.747. The number of carbonyl (C=O) groups is 2. The van der Waals surface area contributed by atoms with E-state index in [2.05, 4.69) is 5.32 Å².